The van der Waals surface area contributed by atoms with Crippen molar-refractivity contribution in [3.63, 3.8) is 0 Å². The van der Waals surface area contributed by atoms with Gasteiger partial charge in [-0.3, -0.25) is 0 Å². The van der Waals surface area contributed by atoms with Crippen molar-refractivity contribution in [2.24, 2.45) is 0 Å². The largest absolute Gasteiger partial charge is 0.475 e. The molecular formula is C14H13BrO5. The van der Waals surface area contributed by atoms with Crippen LogP contribution in [0.4, 0.5) is 0 Å². The lowest BCUT2D eigenvalue weighted by atomic mass is 10.0. The van der Waals surface area contributed by atoms with Crippen molar-refractivity contribution in [1.29, 1.82) is 0 Å². The SMILES string of the molecule is O=C(O)c1ccc(-c2ccc(C(O)C(O)CBr)cc2)o1. The highest BCUT2D eigenvalue weighted by atomic mass is 79.9. The predicted molar refractivity (Wildman–Crippen MR) is 75.9 cm³/mol. The normalized spacial score (nSPS) is 13.9. The third-order valence-corrected chi connectivity index (χ3v) is 3.54. The van der Waals surface area contributed by atoms with E-state index in [2.05, 4.69) is 15.9 Å². The number of hydrogen-bond donors (Lipinski definition) is 3. The number of carbonyl (C=O) groups is 1. The highest BCUT2D eigenvalue weighted by molar-refractivity contribution is 9.09. The molecule has 0 amide bonds. The van der Waals surface area contributed by atoms with E-state index in [1.807, 2.05) is 0 Å². The Morgan fingerprint density at radius 2 is 1.80 bits per heavy atom. The molecule has 0 aliphatic rings. The van der Waals surface area contributed by atoms with Crippen LogP contribution in [0, 0.1) is 0 Å². The Morgan fingerprint density at radius 1 is 1.15 bits per heavy atom. The molecule has 5 nitrogen and oxygen atoms in total. The van der Waals surface area contributed by atoms with E-state index in [1.165, 1.54) is 6.07 Å². The van der Waals surface area contributed by atoms with Crippen LogP contribution < -0.4 is 0 Å². The minimum absolute atomic E-state index is 0.126. The fourth-order valence-electron chi connectivity index (χ4n) is 1.76. The molecule has 0 aliphatic heterocycles. The number of aliphatic hydroxyl groups is 2. The molecule has 0 saturated heterocycles. The standard InChI is InChI=1S/C14H13BrO5/c15-7-10(16)13(17)9-3-1-8(2-4-9)11-5-6-12(20-11)14(18)19/h1-6,10,13,16-17H,7H2,(H,18,19). The summed E-state index contributed by atoms with van der Waals surface area (Å²) in [6.07, 6.45) is -1.86. The van der Waals surface area contributed by atoms with Crippen LogP contribution in [-0.2, 0) is 0 Å². The van der Waals surface area contributed by atoms with Crippen molar-refractivity contribution in [3.05, 3.63) is 47.7 Å². The second-order valence-electron chi connectivity index (χ2n) is 4.26. The number of carboxylic acid groups (broad SMARTS) is 1. The van der Waals surface area contributed by atoms with E-state index in [1.54, 1.807) is 30.3 Å². The van der Waals surface area contributed by atoms with Crippen LogP contribution in [0.5, 0.6) is 0 Å². The molecule has 6 heteroatoms. The monoisotopic (exact) mass is 340 g/mol. The van der Waals surface area contributed by atoms with E-state index < -0.39 is 18.2 Å². The molecule has 1 aromatic carbocycles. The number of carboxylic acids is 1. The summed E-state index contributed by atoms with van der Waals surface area (Å²) in [7, 11) is 0. The molecule has 1 heterocycles. The van der Waals surface area contributed by atoms with Gasteiger partial charge in [0.15, 0.2) is 0 Å². The average Bonchev–Trinajstić information content (AvgIpc) is 2.96. The van der Waals surface area contributed by atoms with E-state index in [4.69, 9.17) is 9.52 Å². The minimum atomic E-state index is -1.12. The quantitative estimate of drug-likeness (QED) is 0.727. The first-order valence-corrected chi connectivity index (χ1v) is 7.00. The van der Waals surface area contributed by atoms with Crippen LogP contribution in [-0.4, -0.2) is 32.7 Å². The highest BCUT2D eigenvalue weighted by Crippen LogP contribution is 2.25. The maximum Gasteiger partial charge on any atom is 0.371 e. The Kier molecular flexibility index (Phi) is 4.59. The van der Waals surface area contributed by atoms with Crippen LogP contribution in [0.2, 0.25) is 0 Å². The van der Waals surface area contributed by atoms with Gasteiger partial charge in [0, 0.05) is 10.9 Å². The number of furan rings is 1. The van der Waals surface area contributed by atoms with Crippen molar-refractivity contribution in [3.8, 4) is 11.3 Å². The topological polar surface area (TPSA) is 90.9 Å². The van der Waals surface area contributed by atoms with Crippen molar-refractivity contribution in [2.75, 3.05) is 5.33 Å². The summed E-state index contributed by atoms with van der Waals surface area (Å²) in [6.45, 7) is 0. The summed E-state index contributed by atoms with van der Waals surface area (Å²) in [5.41, 5.74) is 1.27. The Labute approximate surface area is 123 Å². The molecule has 2 atom stereocenters. The van der Waals surface area contributed by atoms with Gasteiger partial charge in [-0.1, -0.05) is 40.2 Å². The van der Waals surface area contributed by atoms with Crippen molar-refractivity contribution >= 4 is 21.9 Å². The van der Waals surface area contributed by atoms with Gasteiger partial charge in [0.1, 0.15) is 11.9 Å². The number of benzene rings is 1. The number of alkyl halides is 1. The predicted octanol–water partition coefficient (Wildman–Crippen LogP) is 2.43. The van der Waals surface area contributed by atoms with E-state index in [0.29, 0.717) is 16.9 Å². The molecule has 0 radical (unpaired) electrons. The highest BCUT2D eigenvalue weighted by Gasteiger charge is 2.17. The smallest absolute Gasteiger partial charge is 0.371 e. The molecule has 106 valence electrons. The zero-order valence-electron chi connectivity index (χ0n) is 10.4. The molecule has 0 saturated carbocycles. The lowest BCUT2D eigenvalue weighted by Crippen LogP contribution is -2.19. The van der Waals surface area contributed by atoms with E-state index in [-0.39, 0.29) is 11.1 Å². The fraction of sp³-hybridized carbons (Fsp3) is 0.214. The van der Waals surface area contributed by atoms with Crippen molar-refractivity contribution in [2.45, 2.75) is 12.2 Å². The average molecular weight is 341 g/mol. The molecule has 20 heavy (non-hydrogen) atoms. The molecule has 0 fully saturated rings. The Bertz CT molecular complexity index is 590. The molecule has 2 unspecified atom stereocenters. The fourth-order valence-corrected chi connectivity index (χ4v) is 2.11. The van der Waals surface area contributed by atoms with Gasteiger partial charge < -0.3 is 19.7 Å². The zero-order chi connectivity index (χ0) is 14.7. The van der Waals surface area contributed by atoms with Gasteiger partial charge in [-0.05, 0) is 17.7 Å². The Hall–Kier alpha value is -1.63. The number of aliphatic hydroxyl groups excluding tert-OH is 2. The van der Waals surface area contributed by atoms with Gasteiger partial charge in [0.25, 0.3) is 0 Å². The summed E-state index contributed by atoms with van der Waals surface area (Å²) < 4.78 is 5.18. The number of rotatable bonds is 5. The van der Waals surface area contributed by atoms with Gasteiger partial charge >= 0.3 is 5.97 Å². The van der Waals surface area contributed by atoms with Gasteiger partial charge in [0.2, 0.25) is 5.76 Å². The second-order valence-corrected chi connectivity index (χ2v) is 4.91. The maximum absolute atomic E-state index is 10.7. The molecule has 3 N–H and O–H groups in total. The number of halogens is 1. The third kappa shape index (κ3) is 3.09. The first-order chi connectivity index (χ1) is 9.52. The summed E-state index contributed by atoms with van der Waals surface area (Å²) >= 11 is 3.10. The summed E-state index contributed by atoms with van der Waals surface area (Å²) in [5.74, 6) is -0.813. The molecule has 0 bridgehead atoms. The number of aromatic carboxylic acids is 1. The first-order valence-electron chi connectivity index (χ1n) is 5.88. The number of hydrogen-bond acceptors (Lipinski definition) is 4. The van der Waals surface area contributed by atoms with Crippen molar-refractivity contribution in [1.82, 2.24) is 0 Å². The van der Waals surface area contributed by atoms with E-state index in [0.717, 1.165) is 0 Å². The zero-order valence-corrected chi connectivity index (χ0v) is 11.9. The van der Waals surface area contributed by atoms with Gasteiger partial charge in [0.05, 0.1) is 6.10 Å². The second kappa shape index (κ2) is 6.21. The Balaban J connectivity index is 2.21. The van der Waals surface area contributed by atoms with Gasteiger partial charge in [-0.2, -0.15) is 0 Å². The van der Waals surface area contributed by atoms with E-state index >= 15 is 0 Å². The lowest BCUT2D eigenvalue weighted by Gasteiger charge is -2.15. The molecular weight excluding hydrogens is 328 g/mol. The molecule has 1 aromatic heterocycles. The summed E-state index contributed by atoms with van der Waals surface area (Å²) in [4.78, 5) is 10.7. The summed E-state index contributed by atoms with van der Waals surface area (Å²) in [6, 6.07) is 9.68. The van der Waals surface area contributed by atoms with Gasteiger partial charge in [-0.15, -0.1) is 0 Å². The van der Waals surface area contributed by atoms with Crippen LogP contribution in [0.1, 0.15) is 22.2 Å². The molecule has 2 rings (SSSR count). The Morgan fingerprint density at radius 3 is 2.30 bits per heavy atom. The van der Waals surface area contributed by atoms with Crippen LogP contribution in [0.15, 0.2) is 40.8 Å². The molecule has 0 spiro atoms. The molecule has 0 aliphatic carbocycles. The van der Waals surface area contributed by atoms with Crippen LogP contribution in [0.3, 0.4) is 0 Å². The van der Waals surface area contributed by atoms with Gasteiger partial charge in [-0.25, -0.2) is 4.79 Å². The summed E-state index contributed by atoms with van der Waals surface area (Å²) in [5, 5.41) is 28.5. The minimum Gasteiger partial charge on any atom is -0.475 e. The van der Waals surface area contributed by atoms with Crippen LogP contribution >= 0.6 is 15.9 Å². The van der Waals surface area contributed by atoms with Crippen molar-refractivity contribution < 1.29 is 24.5 Å². The molecule has 2 aromatic rings. The lowest BCUT2D eigenvalue weighted by molar-refractivity contribution is 0.0343. The van der Waals surface area contributed by atoms with Crippen LogP contribution in [0.25, 0.3) is 11.3 Å². The maximum atomic E-state index is 10.7. The van der Waals surface area contributed by atoms with E-state index in [9.17, 15) is 15.0 Å². The third-order valence-electron chi connectivity index (χ3n) is 2.88. The first kappa shape index (κ1) is 14.8.